The summed E-state index contributed by atoms with van der Waals surface area (Å²) in [6.07, 6.45) is 5.47. The van der Waals surface area contributed by atoms with E-state index in [1.165, 1.54) is 6.20 Å². The summed E-state index contributed by atoms with van der Waals surface area (Å²) in [5.41, 5.74) is 2.73. The Bertz CT molecular complexity index is 1190. The molecule has 170 valence electrons. The number of Topliss-reactive ketones (excluding diaryl/α,β-unsaturated/α-hetero) is 1. The molecule has 1 aromatic carbocycles. The van der Waals surface area contributed by atoms with E-state index in [0.717, 1.165) is 17.8 Å². The molecule has 4 rings (SSSR count). The van der Waals surface area contributed by atoms with Gasteiger partial charge in [-0.1, -0.05) is 18.2 Å². The van der Waals surface area contributed by atoms with Gasteiger partial charge in [0.1, 0.15) is 5.76 Å². The number of ketones is 1. The molecule has 8 heteroatoms. The van der Waals surface area contributed by atoms with E-state index in [9.17, 15) is 14.7 Å². The molecule has 0 bridgehead atoms. The van der Waals surface area contributed by atoms with Crippen LogP contribution < -0.4 is 0 Å². The summed E-state index contributed by atoms with van der Waals surface area (Å²) in [6.45, 7) is 2.99. The van der Waals surface area contributed by atoms with Gasteiger partial charge in [-0.15, -0.1) is 0 Å². The van der Waals surface area contributed by atoms with E-state index in [1.54, 1.807) is 34.1 Å². The maximum absolute atomic E-state index is 13.1. The number of carbonyl (C=O) groups is 2. The second-order valence-electron chi connectivity index (χ2n) is 8.32. The van der Waals surface area contributed by atoms with Crippen molar-refractivity contribution in [3.05, 3.63) is 83.4 Å². The number of aromatic nitrogens is 3. The average molecular weight is 446 g/mol. The molecule has 0 saturated carbocycles. The van der Waals surface area contributed by atoms with E-state index in [4.69, 9.17) is 0 Å². The number of amides is 1. The highest BCUT2D eigenvalue weighted by atomic mass is 16.3. The van der Waals surface area contributed by atoms with E-state index >= 15 is 0 Å². The third kappa shape index (κ3) is 4.29. The monoisotopic (exact) mass is 445 g/mol. The van der Waals surface area contributed by atoms with Crippen LogP contribution in [0.5, 0.6) is 0 Å². The summed E-state index contributed by atoms with van der Waals surface area (Å²) in [6, 6.07) is 12.4. The molecule has 1 aliphatic heterocycles. The fourth-order valence-electron chi connectivity index (χ4n) is 4.18. The highest BCUT2D eigenvalue weighted by Gasteiger charge is 2.46. The van der Waals surface area contributed by atoms with Crippen LogP contribution in [0.1, 0.15) is 29.3 Å². The van der Waals surface area contributed by atoms with Crippen LogP contribution in [0.3, 0.4) is 0 Å². The van der Waals surface area contributed by atoms with Crippen molar-refractivity contribution in [2.45, 2.75) is 19.4 Å². The number of carbonyl (C=O) groups excluding carboxylic acids is 2. The average Bonchev–Trinajstić information content (AvgIpc) is 3.32. The third-order valence-corrected chi connectivity index (χ3v) is 5.83. The largest absolute Gasteiger partial charge is 0.507 e. The lowest BCUT2D eigenvalue weighted by atomic mass is 9.96. The molecule has 1 saturated heterocycles. The Hall–Kier alpha value is -3.78. The van der Waals surface area contributed by atoms with Gasteiger partial charge >= 0.3 is 0 Å². The Labute approximate surface area is 192 Å². The summed E-state index contributed by atoms with van der Waals surface area (Å²) in [5, 5.41) is 15.7. The normalized spacial score (nSPS) is 17.8. The van der Waals surface area contributed by atoms with Crippen LogP contribution in [0.15, 0.2) is 66.6 Å². The van der Waals surface area contributed by atoms with Gasteiger partial charge in [-0.05, 0) is 63.8 Å². The minimum absolute atomic E-state index is 0.0757. The topological polar surface area (TPSA) is 91.6 Å². The number of aliphatic hydroxyl groups excluding tert-OH is 1. The number of para-hydroxylation sites is 1. The Morgan fingerprint density at radius 3 is 2.45 bits per heavy atom. The lowest BCUT2D eigenvalue weighted by molar-refractivity contribution is -0.139. The molecule has 1 atom stereocenters. The molecule has 1 N–H and O–H groups in total. The van der Waals surface area contributed by atoms with Gasteiger partial charge in [-0.3, -0.25) is 14.6 Å². The number of hydrogen-bond acceptors (Lipinski definition) is 6. The molecule has 33 heavy (non-hydrogen) atoms. The first-order valence-corrected chi connectivity index (χ1v) is 10.8. The fraction of sp³-hybridized carbons (Fsp3) is 0.280. The zero-order valence-corrected chi connectivity index (χ0v) is 19.0. The molecule has 1 fully saturated rings. The number of benzene rings is 1. The number of pyridine rings is 1. The number of hydrogen-bond donors (Lipinski definition) is 1. The first kappa shape index (κ1) is 22.4. The number of likely N-dealkylation sites (tertiary alicyclic amines) is 1. The van der Waals surface area contributed by atoms with E-state index in [1.807, 2.05) is 56.3 Å². The van der Waals surface area contributed by atoms with Gasteiger partial charge in [0.05, 0.1) is 34.8 Å². The minimum Gasteiger partial charge on any atom is -0.507 e. The Kier molecular flexibility index (Phi) is 6.37. The lowest BCUT2D eigenvalue weighted by Crippen LogP contribution is -2.32. The first-order chi connectivity index (χ1) is 15.9. The van der Waals surface area contributed by atoms with E-state index in [0.29, 0.717) is 24.2 Å². The van der Waals surface area contributed by atoms with Gasteiger partial charge in [-0.25, -0.2) is 4.68 Å². The van der Waals surface area contributed by atoms with Crippen molar-refractivity contribution >= 4 is 17.4 Å². The highest BCUT2D eigenvalue weighted by molar-refractivity contribution is 6.46. The van der Waals surface area contributed by atoms with Crippen molar-refractivity contribution < 1.29 is 14.7 Å². The van der Waals surface area contributed by atoms with Crippen molar-refractivity contribution in [3.8, 4) is 5.69 Å². The summed E-state index contributed by atoms with van der Waals surface area (Å²) in [4.78, 5) is 33.8. The van der Waals surface area contributed by atoms with E-state index in [-0.39, 0.29) is 11.3 Å². The standard InChI is InChI=1S/C25H27N5O3/c1-17-20(16-27-30(17)19-8-5-4-6-9-19)23(31)21-22(18-10-12-26-13-11-18)29(25(33)24(21)32)15-7-14-28(2)3/h4-6,8-13,16,22,31H,7,14-15H2,1-3H3/b23-21+/t22-/m0/s1. The van der Waals surface area contributed by atoms with Gasteiger partial charge in [0.2, 0.25) is 0 Å². The number of aliphatic hydroxyl groups is 1. The van der Waals surface area contributed by atoms with Crippen LogP contribution in [0.25, 0.3) is 11.4 Å². The van der Waals surface area contributed by atoms with Gasteiger partial charge in [0, 0.05) is 18.9 Å². The predicted molar refractivity (Wildman–Crippen MR) is 125 cm³/mol. The van der Waals surface area contributed by atoms with Crippen LogP contribution in [0, 0.1) is 6.92 Å². The molecule has 1 amide bonds. The van der Waals surface area contributed by atoms with Crippen molar-refractivity contribution in [2.24, 2.45) is 0 Å². The van der Waals surface area contributed by atoms with Crippen LogP contribution >= 0.6 is 0 Å². The first-order valence-electron chi connectivity index (χ1n) is 10.8. The molecule has 0 radical (unpaired) electrons. The maximum Gasteiger partial charge on any atom is 0.295 e. The van der Waals surface area contributed by atoms with Crippen LogP contribution in [0.2, 0.25) is 0 Å². The van der Waals surface area contributed by atoms with Crippen molar-refractivity contribution in [1.82, 2.24) is 24.6 Å². The number of rotatable bonds is 7. The molecule has 3 aromatic rings. The second kappa shape index (κ2) is 9.38. The zero-order valence-electron chi connectivity index (χ0n) is 19.0. The van der Waals surface area contributed by atoms with E-state index < -0.39 is 17.7 Å². The summed E-state index contributed by atoms with van der Waals surface area (Å²) in [7, 11) is 3.92. The Morgan fingerprint density at radius 1 is 1.09 bits per heavy atom. The lowest BCUT2D eigenvalue weighted by Gasteiger charge is -2.25. The fourth-order valence-corrected chi connectivity index (χ4v) is 4.18. The third-order valence-electron chi connectivity index (χ3n) is 5.83. The smallest absolute Gasteiger partial charge is 0.295 e. The molecule has 0 spiro atoms. The summed E-state index contributed by atoms with van der Waals surface area (Å²) in [5.74, 6) is -1.51. The second-order valence-corrected chi connectivity index (χ2v) is 8.32. The molecule has 1 aliphatic rings. The van der Waals surface area contributed by atoms with Crippen molar-refractivity contribution in [1.29, 1.82) is 0 Å². The van der Waals surface area contributed by atoms with Crippen molar-refractivity contribution in [2.75, 3.05) is 27.2 Å². The Morgan fingerprint density at radius 2 is 1.79 bits per heavy atom. The minimum atomic E-state index is -0.689. The van der Waals surface area contributed by atoms with Gasteiger partial charge in [0.25, 0.3) is 11.7 Å². The predicted octanol–water partition coefficient (Wildman–Crippen LogP) is 2.95. The van der Waals surface area contributed by atoms with Crippen LogP contribution in [-0.2, 0) is 9.59 Å². The molecule has 2 aromatic heterocycles. The maximum atomic E-state index is 13.1. The van der Waals surface area contributed by atoms with Crippen LogP contribution in [0.4, 0.5) is 0 Å². The SMILES string of the molecule is Cc1c(/C(O)=C2\C(=O)C(=O)N(CCCN(C)C)[C@H]2c2ccncc2)cnn1-c1ccccc1. The van der Waals surface area contributed by atoms with Gasteiger partial charge < -0.3 is 14.9 Å². The number of nitrogens with zero attached hydrogens (tertiary/aromatic N) is 5. The van der Waals surface area contributed by atoms with Crippen molar-refractivity contribution in [3.63, 3.8) is 0 Å². The van der Waals surface area contributed by atoms with E-state index in [2.05, 4.69) is 10.1 Å². The molecule has 3 heterocycles. The summed E-state index contributed by atoms with van der Waals surface area (Å²) < 4.78 is 1.70. The summed E-state index contributed by atoms with van der Waals surface area (Å²) >= 11 is 0. The molecular weight excluding hydrogens is 418 g/mol. The molecule has 8 nitrogen and oxygen atoms in total. The zero-order chi connectivity index (χ0) is 23.5. The molecule has 0 aliphatic carbocycles. The molecule has 0 unspecified atom stereocenters. The quantitative estimate of drug-likeness (QED) is 0.342. The molecular formula is C25H27N5O3. The van der Waals surface area contributed by atoms with Crippen LogP contribution in [-0.4, -0.2) is 68.5 Å². The Balaban J connectivity index is 1.79. The van der Waals surface area contributed by atoms with Gasteiger partial charge in [-0.2, -0.15) is 5.10 Å². The highest BCUT2D eigenvalue weighted by Crippen LogP contribution is 2.39. The van der Waals surface area contributed by atoms with Gasteiger partial charge in [0.15, 0.2) is 0 Å².